The third-order valence-corrected chi connectivity index (χ3v) is 5.48. The predicted molar refractivity (Wildman–Crippen MR) is 94.9 cm³/mol. The van der Waals surface area contributed by atoms with Crippen LogP contribution in [0.4, 0.5) is 4.79 Å². The summed E-state index contributed by atoms with van der Waals surface area (Å²) in [6.45, 7) is 4.14. The van der Waals surface area contributed by atoms with Gasteiger partial charge in [-0.25, -0.2) is 14.7 Å². The second-order valence-corrected chi connectivity index (χ2v) is 7.13. The van der Waals surface area contributed by atoms with Gasteiger partial charge in [0.15, 0.2) is 0 Å². The largest absolute Gasteiger partial charge is 0.335 e. The van der Waals surface area contributed by atoms with Crippen LogP contribution in [-0.4, -0.2) is 57.8 Å². The van der Waals surface area contributed by atoms with Gasteiger partial charge in [0.1, 0.15) is 5.01 Å². The first-order valence-corrected chi connectivity index (χ1v) is 8.98. The van der Waals surface area contributed by atoms with E-state index in [0.29, 0.717) is 6.42 Å². The van der Waals surface area contributed by atoms with Crippen molar-refractivity contribution >= 4 is 39.4 Å². The van der Waals surface area contributed by atoms with Gasteiger partial charge in [-0.15, -0.1) is 11.3 Å². The number of hydrogen-bond donors (Lipinski definition) is 0. The molecule has 132 valence electrons. The van der Waals surface area contributed by atoms with E-state index in [1.165, 1.54) is 0 Å². The lowest BCUT2D eigenvalue weighted by Crippen LogP contribution is -2.41. The van der Waals surface area contributed by atoms with E-state index < -0.39 is 17.8 Å². The molecule has 0 bridgehead atoms. The number of amides is 4. The summed E-state index contributed by atoms with van der Waals surface area (Å²) in [5, 5.41) is 0.902. The van der Waals surface area contributed by atoms with Crippen molar-refractivity contribution in [1.82, 2.24) is 19.7 Å². The summed E-state index contributed by atoms with van der Waals surface area (Å²) in [6, 6.07) is 7.24. The molecule has 1 aliphatic heterocycles. The summed E-state index contributed by atoms with van der Waals surface area (Å²) in [5.74, 6) is -1.50. The number of aromatic nitrogens is 1. The van der Waals surface area contributed by atoms with Gasteiger partial charge < -0.3 is 0 Å². The minimum atomic E-state index is -0.762. The molecule has 2 heterocycles. The van der Waals surface area contributed by atoms with Crippen molar-refractivity contribution in [2.24, 2.45) is 0 Å². The zero-order valence-corrected chi connectivity index (χ0v) is 15.2. The molecule has 1 atom stereocenters. The van der Waals surface area contributed by atoms with Crippen LogP contribution in [0.15, 0.2) is 24.3 Å². The van der Waals surface area contributed by atoms with Crippen LogP contribution in [0.3, 0.4) is 0 Å². The Morgan fingerprint density at radius 2 is 1.84 bits per heavy atom. The van der Waals surface area contributed by atoms with E-state index in [1.807, 2.05) is 50.1 Å². The van der Waals surface area contributed by atoms with Crippen LogP contribution < -0.4 is 0 Å². The molecule has 0 spiro atoms. The molecule has 25 heavy (non-hydrogen) atoms. The Morgan fingerprint density at radius 1 is 1.16 bits per heavy atom. The third-order valence-electron chi connectivity index (χ3n) is 4.28. The van der Waals surface area contributed by atoms with Gasteiger partial charge in [-0.05, 0) is 32.5 Å². The number of fused-ring (bicyclic) bond motifs is 1. The number of thiazole rings is 1. The fourth-order valence-electron chi connectivity index (χ4n) is 2.70. The van der Waals surface area contributed by atoms with E-state index in [2.05, 4.69) is 4.98 Å². The number of carbonyl (C=O) groups excluding carboxylic acids is 3. The number of carbonyl (C=O) groups is 3. The van der Waals surface area contributed by atoms with Gasteiger partial charge >= 0.3 is 17.8 Å². The molecule has 7 nitrogen and oxygen atoms in total. The molecule has 1 aromatic carbocycles. The average Bonchev–Trinajstić information content (AvgIpc) is 3.12. The zero-order valence-electron chi connectivity index (χ0n) is 14.4. The maximum Gasteiger partial charge on any atom is 0.335 e. The fraction of sp³-hybridized carbons (Fsp3) is 0.412. The first kappa shape index (κ1) is 17.5. The van der Waals surface area contributed by atoms with Crippen LogP contribution in [0.2, 0.25) is 0 Å². The van der Waals surface area contributed by atoms with Gasteiger partial charge in [0.05, 0.1) is 22.9 Å². The minimum absolute atomic E-state index is 0.0563. The van der Waals surface area contributed by atoms with Gasteiger partial charge in [-0.2, -0.15) is 0 Å². The number of rotatable bonds is 6. The molecule has 2 aromatic rings. The number of urea groups is 1. The molecule has 3 rings (SSSR count). The summed E-state index contributed by atoms with van der Waals surface area (Å²) in [6.07, 6.45) is 0.622. The van der Waals surface area contributed by atoms with E-state index in [0.717, 1.165) is 25.0 Å². The van der Waals surface area contributed by atoms with Crippen molar-refractivity contribution in [3.63, 3.8) is 0 Å². The van der Waals surface area contributed by atoms with Crippen molar-refractivity contribution in [2.75, 3.05) is 20.3 Å². The highest BCUT2D eigenvalue weighted by atomic mass is 32.1. The van der Waals surface area contributed by atoms with Crippen LogP contribution in [0, 0.1) is 0 Å². The van der Waals surface area contributed by atoms with Gasteiger partial charge in [-0.1, -0.05) is 19.1 Å². The summed E-state index contributed by atoms with van der Waals surface area (Å²) < 4.78 is 1.09. The minimum Gasteiger partial charge on any atom is -0.279 e. The maximum absolute atomic E-state index is 12.3. The Bertz CT molecular complexity index is 801. The van der Waals surface area contributed by atoms with Crippen LogP contribution in [0.25, 0.3) is 10.2 Å². The number of para-hydroxylation sites is 1. The lowest BCUT2D eigenvalue weighted by molar-refractivity contribution is -0.144. The van der Waals surface area contributed by atoms with Gasteiger partial charge in [0.2, 0.25) is 0 Å². The molecule has 4 amide bonds. The van der Waals surface area contributed by atoms with Crippen LogP contribution in [0.1, 0.15) is 31.3 Å². The number of nitrogens with zero attached hydrogens (tertiary/aromatic N) is 4. The summed E-state index contributed by atoms with van der Waals surface area (Å²) >= 11 is 1.58. The molecule has 1 aliphatic rings. The van der Waals surface area contributed by atoms with E-state index in [4.69, 9.17) is 0 Å². The Kier molecular flexibility index (Phi) is 4.82. The van der Waals surface area contributed by atoms with Crippen molar-refractivity contribution in [2.45, 2.75) is 26.3 Å². The summed E-state index contributed by atoms with van der Waals surface area (Å²) in [5.41, 5.74) is 0.931. The Morgan fingerprint density at radius 3 is 2.52 bits per heavy atom. The highest BCUT2D eigenvalue weighted by molar-refractivity contribution is 7.18. The quantitative estimate of drug-likeness (QED) is 0.584. The van der Waals surface area contributed by atoms with Crippen molar-refractivity contribution in [3.8, 4) is 0 Å². The van der Waals surface area contributed by atoms with Gasteiger partial charge in [0.25, 0.3) is 0 Å². The second-order valence-electron chi connectivity index (χ2n) is 6.07. The monoisotopic (exact) mass is 360 g/mol. The van der Waals surface area contributed by atoms with Gasteiger partial charge in [0, 0.05) is 6.54 Å². The fourth-order valence-corrected chi connectivity index (χ4v) is 3.78. The second kappa shape index (κ2) is 6.89. The van der Waals surface area contributed by atoms with Crippen LogP contribution in [0.5, 0.6) is 0 Å². The Hall–Kier alpha value is -2.32. The zero-order chi connectivity index (χ0) is 18.1. The first-order chi connectivity index (χ1) is 11.9. The summed E-state index contributed by atoms with van der Waals surface area (Å²) in [4.78, 5) is 44.8. The van der Waals surface area contributed by atoms with Crippen molar-refractivity contribution in [1.29, 1.82) is 0 Å². The van der Waals surface area contributed by atoms with E-state index in [9.17, 15) is 14.4 Å². The van der Waals surface area contributed by atoms with E-state index >= 15 is 0 Å². The highest BCUT2D eigenvalue weighted by Gasteiger charge is 2.44. The molecular formula is C17H20N4O3S. The van der Waals surface area contributed by atoms with Gasteiger partial charge in [-0.3, -0.25) is 19.4 Å². The maximum atomic E-state index is 12.3. The first-order valence-electron chi connectivity index (χ1n) is 8.17. The number of hydrogen-bond acceptors (Lipinski definition) is 6. The molecule has 0 unspecified atom stereocenters. The molecule has 0 saturated carbocycles. The Labute approximate surface area is 149 Å². The molecule has 0 radical (unpaired) electrons. The van der Waals surface area contributed by atoms with E-state index in [1.54, 1.807) is 11.3 Å². The Balaban J connectivity index is 1.74. The molecule has 0 aliphatic carbocycles. The standard InChI is InChI=1S/C17H20N4O3S/c1-4-9-20-15(22)16(23)21(17(20)24)10-19(3)11(2)14-18-12-7-5-6-8-13(12)25-14/h5-8,11H,4,9-10H2,1-3H3/t11-/m1/s1. The predicted octanol–water partition coefficient (Wildman–Crippen LogP) is 2.45. The number of imide groups is 2. The third kappa shape index (κ3) is 3.14. The lowest BCUT2D eigenvalue weighted by Gasteiger charge is -2.26. The topological polar surface area (TPSA) is 73.8 Å². The molecule has 1 saturated heterocycles. The SMILES string of the molecule is CCCN1C(=O)C(=O)N(CN(C)[C@H](C)c2nc3ccccc3s2)C1=O. The summed E-state index contributed by atoms with van der Waals surface area (Å²) in [7, 11) is 1.81. The number of benzene rings is 1. The highest BCUT2D eigenvalue weighted by Crippen LogP contribution is 2.29. The van der Waals surface area contributed by atoms with Crippen LogP contribution >= 0.6 is 11.3 Å². The molecule has 1 aromatic heterocycles. The smallest absolute Gasteiger partial charge is 0.279 e. The van der Waals surface area contributed by atoms with Crippen LogP contribution in [-0.2, 0) is 9.59 Å². The normalized spacial score (nSPS) is 16.6. The van der Waals surface area contributed by atoms with Crippen molar-refractivity contribution < 1.29 is 14.4 Å². The molecule has 0 N–H and O–H groups in total. The average molecular weight is 360 g/mol. The molecular weight excluding hydrogens is 340 g/mol. The van der Waals surface area contributed by atoms with Crippen molar-refractivity contribution in [3.05, 3.63) is 29.3 Å². The molecule has 1 fully saturated rings. The molecule has 8 heteroatoms. The van der Waals surface area contributed by atoms with E-state index in [-0.39, 0.29) is 19.3 Å². The lowest BCUT2D eigenvalue weighted by atomic mass is 10.3.